The smallest absolute Gasteiger partial charge is 0.332 e. The fourth-order valence-corrected chi connectivity index (χ4v) is 1.34. The third-order valence-electron chi connectivity index (χ3n) is 2.02. The monoisotopic (exact) mass is 255 g/mol. The summed E-state index contributed by atoms with van der Waals surface area (Å²) in [4.78, 5) is 28.2. The summed E-state index contributed by atoms with van der Waals surface area (Å²) < 4.78 is 0. The number of benzene rings is 1. The molecule has 0 aliphatic carbocycles. The molecule has 1 aromatic carbocycles. The standard InChI is InChI=1S/C12H14ClNO3/c1-9(2)14(11(15)8-13)17-12(16)10-6-4-3-5-7-10/h3-7,9H,8H2,1-2H3. The summed E-state index contributed by atoms with van der Waals surface area (Å²) in [6, 6.07) is 8.21. The van der Waals surface area contributed by atoms with Crippen molar-refractivity contribution in [1.29, 1.82) is 0 Å². The first kappa shape index (κ1) is 13.5. The van der Waals surface area contributed by atoms with E-state index in [-0.39, 0.29) is 11.9 Å². The number of alkyl halides is 1. The summed E-state index contributed by atoms with van der Waals surface area (Å²) in [5.41, 5.74) is 0.389. The van der Waals surface area contributed by atoms with Gasteiger partial charge in [0.1, 0.15) is 5.88 Å². The first-order chi connectivity index (χ1) is 8.06. The molecule has 0 heterocycles. The maximum absolute atomic E-state index is 11.7. The fourth-order valence-electron chi connectivity index (χ4n) is 1.22. The maximum Gasteiger partial charge on any atom is 0.363 e. The topological polar surface area (TPSA) is 46.6 Å². The fraction of sp³-hybridized carbons (Fsp3) is 0.333. The van der Waals surface area contributed by atoms with Gasteiger partial charge < -0.3 is 4.84 Å². The molecule has 17 heavy (non-hydrogen) atoms. The van der Waals surface area contributed by atoms with Crippen molar-refractivity contribution in [2.75, 3.05) is 5.88 Å². The number of carbonyl (C=O) groups is 2. The average molecular weight is 256 g/mol. The Hall–Kier alpha value is -1.55. The zero-order valence-corrected chi connectivity index (χ0v) is 10.5. The molecule has 1 aromatic rings. The van der Waals surface area contributed by atoms with E-state index < -0.39 is 11.9 Å². The van der Waals surface area contributed by atoms with E-state index in [0.717, 1.165) is 5.06 Å². The second kappa shape index (κ2) is 6.25. The minimum Gasteiger partial charge on any atom is -0.332 e. The third-order valence-corrected chi connectivity index (χ3v) is 2.25. The molecule has 0 fully saturated rings. The second-order valence-electron chi connectivity index (χ2n) is 3.69. The number of amides is 1. The van der Waals surface area contributed by atoms with E-state index in [4.69, 9.17) is 16.4 Å². The highest BCUT2D eigenvalue weighted by molar-refractivity contribution is 6.27. The van der Waals surface area contributed by atoms with Gasteiger partial charge in [0.15, 0.2) is 0 Å². The van der Waals surface area contributed by atoms with Crippen LogP contribution in [0.1, 0.15) is 24.2 Å². The Bertz CT molecular complexity index is 392. The molecular weight excluding hydrogens is 242 g/mol. The quantitative estimate of drug-likeness (QED) is 0.615. The largest absolute Gasteiger partial charge is 0.363 e. The predicted molar refractivity (Wildman–Crippen MR) is 64.6 cm³/mol. The van der Waals surface area contributed by atoms with Crippen LogP contribution in [0.3, 0.4) is 0 Å². The maximum atomic E-state index is 11.7. The molecule has 1 rings (SSSR count). The summed E-state index contributed by atoms with van der Waals surface area (Å²) in [5.74, 6) is -1.23. The van der Waals surface area contributed by atoms with Crippen LogP contribution in [0.15, 0.2) is 30.3 Å². The van der Waals surface area contributed by atoms with Crippen molar-refractivity contribution in [2.24, 2.45) is 0 Å². The van der Waals surface area contributed by atoms with Gasteiger partial charge in [0.2, 0.25) is 0 Å². The Morgan fingerprint density at radius 2 is 1.88 bits per heavy atom. The number of carbonyl (C=O) groups excluding carboxylic acids is 2. The highest BCUT2D eigenvalue weighted by Crippen LogP contribution is 2.07. The molecule has 92 valence electrons. The van der Waals surface area contributed by atoms with Gasteiger partial charge >= 0.3 is 5.97 Å². The van der Waals surface area contributed by atoms with Crippen LogP contribution < -0.4 is 0 Å². The van der Waals surface area contributed by atoms with Crippen LogP contribution >= 0.6 is 11.6 Å². The van der Waals surface area contributed by atoms with Crippen LogP contribution in [0, 0.1) is 0 Å². The van der Waals surface area contributed by atoms with E-state index in [1.807, 2.05) is 0 Å². The number of nitrogens with zero attached hydrogens (tertiary/aromatic N) is 1. The molecule has 0 aromatic heterocycles. The molecule has 1 amide bonds. The van der Waals surface area contributed by atoms with Gasteiger partial charge in [0, 0.05) is 0 Å². The van der Waals surface area contributed by atoms with Crippen LogP contribution in [0.4, 0.5) is 0 Å². The van der Waals surface area contributed by atoms with Crippen molar-refractivity contribution < 1.29 is 14.4 Å². The lowest BCUT2D eigenvalue weighted by molar-refractivity contribution is -0.171. The molecular formula is C12H14ClNO3. The molecule has 0 saturated heterocycles. The summed E-state index contributed by atoms with van der Waals surface area (Å²) >= 11 is 5.44. The van der Waals surface area contributed by atoms with Crippen molar-refractivity contribution in [3.05, 3.63) is 35.9 Å². The number of hydrogen-bond acceptors (Lipinski definition) is 3. The number of rotatable bonds is 3. The van der Waals surface area contributed by atoms with Crippen molar-refractivity contribution >= 4 is 23.5 Å². The SMILES string of the molecule is CC(C)N(OC(=O)c1ccccc1)C(=O)CCl. The van der Waals surface area contributed by atoms with Gasteiger partial charge in [-0.15, -0.1) is 11.6 Å². The van der Waals surface area contributed by atoms with E-state index in [9.17, 15) is 9.59 Å². The number of hydrogen-bond donors (Lipinski definition) is 0. The summed E-state index contributed by atoms with van der Waals surface area (Å²) in [6.07, 6.45) is 0. The summed E-state index contributed by atoms with van der Waals surface area (Å²) in [5, 5.41) is 0.988. The Morgan fingerprint density at radius 1 is 1.29 bits per heavy atom. The molecule has 0 spiro atoms. The lowest BCUT2D eigenvalue weighted by Crippen LogP contribution is -2.39. The van der Waals surface area contributed by atoms with Gasteiger partial charge in [-0.1, -0.05) is 18.2 Å². The molecule has 0 radical (unpaired) electrons. The van der Waals surface area contributed by atoms with E-state index in [1.54, 1.807) is 44.2 Å². The van der Waals surface area contributed by atoms with Gasteiger partial charge in [-0.05, 0) is 26.0 Å². The molecule has 4 nitrogen and oxygen atoms in total. The first-order valence-corrected chi connectivity index (χ1v) is 5.75. The molecule has 0 aliphatic heterocycles. The van der Waals surface area contributed by atoms with Crippen LogP contribution in [0.25, 0.3) is 0 Å². The minimum absolute atomic E-state index is 0.222. The van der Waals surface area contributed by atoms with E-state index in [0.29, 0.717) is 5.56 Å². The highest BCUT2D eigenvalue weighted by atomic mass is 35.5. The van der Waals surface area contributed by atoms with Crippen molar-refractivity contribution in [3.8, 4) is 0 Å². The predicted octanol–water partition coefficient (Wildman–Crippen LogP) is 2.23. The average Bonchev–Trinajstić information content (AvgIpc) is 2.35. The Balaban J connectivity index is 2.75. The number of hydroxylamine groups is 2. The van der Waals surface area contributed by atoms with Crippen LogP contribution in [0.5, 0.6) is 0 Å². The number of halogens is 1. The van der Waals surface area contributed by atoms with Crippen molar-refractivity contribution in [3.63, 3.8) is 0 Å². The summed E-state index contributed by atoms with van der Waals surface area (Å²) in [7, 11) is 0. The van der Waals surface area contributed by atoms with Gasteiger partial charge in [0.25, 0.3) is 5.91 Å². The minimum atomic E-state index is -0.572. The van der Waals surface area contributed by atoms with Crippen LogP contribution in [-0.2, 0) is 9.63 Å². The molecule has 0 aliphatic rings. The Labute approximate surface area is 105 Å². The molecule has 0 saturated carbocycles. The van der Waals surface area contributed by atoms with Crippen molar-refractivity contribution in [1.82, 2.24) is 5.06 Å². The molecule has 0 N–H and O–H groups in total. The van der Waals surface area contributed by atoms with E-state index in [1.165, 1.54) is 0 Å². The van der Waals surface area contributed by atoms with Gasteiger partial charge in [0.05, 0.1) is 11.6 Å². The molecule has 5 heteroatoms. The Kier molecular flexibility index (Phi) is 4.97. The zero-order chi connectivity index (χ0) is 12.8. The zero-order valence-electron chi connectivity index (χ0n) is 9.72. The van der Waals surface area contributed by atoms with Gasteiger partial charge in [-0.2, -0.15) is 5.06 Å². The Morgan fingerprint density at radius 3 is 2.35 bits per heavy atom. The lowest BCUT2D eigenvalue weighted by atomic mass is 10.2. The lowest BCUT2D eigenvalue weighted by Gasteiger charge is -2.23. The highest BCUT2D eigenvalue weighted by Gasteiger charge is 2.21. The van der Waals surface area contributed by atoms with Gasteiger partial charge in [-0.25, -0.2) is 4.79 Å². The molecule has 0 unspecified atom stereocenters. The molecule has 0 atom stereocenters. The third kappa shape index (κ3) is 3.75. The first-order valence-electron chi connectivity index (χ1n) is 5.21. The van der Waals surface area contributed by atoms with E-state index in [2.05, 4.69) is 0 Å². The summed E-state index contributed by atoms with van der Waals surface area (Å²) in [6.45, 7) is 3.48. The van der Waals surface area contributed by atoms with E-state index >= 15 is 0 Å². The van der Waals surface area contributed by atoms with Crippen LogP contribution in [0.2, 0.25) is 0 Å². The normalized spacial score (nSPS) is 10.1. The second-order valence-corrected chi connectivity index (χ2v) is 3.96. The van der Waals surface area contributed by atoms with Gasteiger partial charge in [-0.3, -0.25) is 4.79 Å². The molecule has 0 bridgehead atoms. The van der Waals surface area contributed by atoms with Crippen molar-refractivity contribution in [2.45, 2.75) is 19.9 Å². The van der Waals surface area contributed by atoms with Crippen LogP contribution in [-0.4, -0.2) is 28.9 Å².